The minimum absolute atomic E-state index is 0.102. The normalized spacial score (nSPS) is 10.3. The Kier molecular flexibility index (Phi) is 5.43. The zero-order valence-electron chi connectivity index (χ0n) is 13.0. The Morgan fingerprint density at radius 1 is 1.22 bits per heavy atom. The number of carbonyl (C=O) groups excluding carboxylic acids is 1. The van der Waals surface area contributed by atoms with Crippen LogP contribution in [-0.2, 0) is 17.9 Å². The molecule has 2 aromatic rings. The van der Waals surface area contributed by atoms with E-state index in [1.54, 1.807) is 13.2 Å². The first kappa shape index (κ1) is 16.6. The van der Waals surface area contributed by atoms with Gasteiger partial charge in [0.25, 0.3) is 5.69 Å². The van der Waals surface area contributed by atoms with Crippen LogP contribution in [0.2, 0.25) is 0 Å². The molecule has 6 nitrogen and oxygen atoms in total. The number of methoxy groups -OCH3 is 1. The molecule has 0 heterocycles. The number of hydrogen-bond acceptors (Lipinski definition) is 5. The number of benzene rings is 2. The maximum Gasteiger partial charge on any atom is 0.280 e. The predicted molar refractivity (Wildman–Crippen MR) is 87.6 cm³/mol. The Bertz CT molecular complexity index is 728. The summed E-state index contributed by atoms with van der Waals surface area (Å²) in [5, 5.41) is 14.1. The maximum absolute atomic E-state index is 11.6. The summed E-state index contributed by atoms with van der Waals surface area (Å²) >= 11 is 0. The molecule has 0 aliphatic heterocycles. The zero-order chi connectivity index (χ0) is 16.8. The number of Topliss-reactive ketones (excluding diaryl/α,β-unsaturated/α-hetero) is 1. The number of rotatable bonds is 7. The molecule has 0 aromatic heterocycles. The van der Waals surface area contributed by atoms with Crippen molar-refractivity contribution < 1.29 is 14.5 Å². The molecule has 0 unspecified atom stereocenters. The molecule has 23 heavy (non-hydrogen) atoms. The van der Waals surface area contributed by atoms with E-state index >= 15 is 0 Å². The van der Waals surface area contributed by atoms with Crippen molar-refractivity contribution in [3.8, 4) is 0 Å². The van der Waals surface area contributed by atoms with E-state index in [2.05, 4.69) is 5.32 Å². The van der Waals surface area contributed by atoms with Crippen LogP contribution >= 0.6 is 0 Å². The second kappa shape index (κ2) is 7.51. The molecular weight excluding hydrogens is 296 g/mol. The average Bonchev–Trinajstić information content (AvgIpc) is 2.54. The molecular formula is C17H18N2O4. The smallest absolute Gasteiger partial charge is 0.280 e. The number of nitro benzene ring substituents is 1. The summed E-state index contributed by atoms with van der Waals surface area (Å²) in [6.45, 7) is 2.37. The molecule has 2 rings (SSSR count). The standard InChI is InChI=1S/C17H18N2O4/c1-12(20)16-9-15(7-8-17(16)19(21)22)18-10-13-5-3-4-6-14(13)11-23-2/h3-9,18H,10-11H2,1-2H3. The van der Waals surface area contributed by atoms with E-state index in [1.807, 2.05) is 24.3 Å². The fraction of sp³-hybridized carbons (Fsp3) is 0.235. The Morgan fingerprint density at radius 2 is 1.91 bits per heavy atom. The molecule has 0 radical (unpaired) electrons. The molecule has 0 amide bonds. The lowest BCUT2D eigenvalue weighted by atomic mass is 10.1. The van der Waals surface area contributed by atoms with Crippen LogP contribution in [0, 0.1) is 10.1 Å². The van der Waals surface area contributed by atoms with Gasteiger partial charge in [-0.1, -0.05) is 24.3 Å². The molecule has 0 atom stereocenters. The second-order valence-electron chi connectivity index (χ2n) is 5.10. The molecule has 0 fully saturated rings. The first-order chi connectivity index (χ1) is 11.0. The topological polar surface area (TPSA) is 81.5 Å². The highest BCUT2D eigenvalue weighted by molar-refractivity contribution is 5.99. The van der Waals surface area contributed by atoms with Crippen molar-refractivity contribution in [1.82, 2.24) is 0 Å². The van der Waals surface area contributed by atoms with Gasteiger partial charge in [0.1, 0.15) is 0 Å². The lowest BCUT2D eigenvalue weighted by Crippen LogP contribution is -2.06. The van der Waals surface area contributed by atoms with Crippen molar-refractivity contribution in [2.24, 2.45) is 0 Å². The number of nitrogens with zero attached hydrogens (tertiary/aromatic N) is 1. The fourth-order valence-corrected chi connectivity index (χ4v) is 2.31. The largest absolute Gasteiger partial charge is 0.381 e. The van der Waals surface area contributed by atoms with Crippen LogP contribution in [0.4, 0.5) is 11.4 Å². The number of hydrogen-bond donors (Lipinski definition) is 1. The third-order valence-corrected chi connectivity index (χ3v) is 3.47. The van der Waals surface area contributed by atoms with Crippen LogP contribution in [0.5, 0.6) is 0 Å². The van der Waals surface area contributed by atoms with Gasteiger partial charge in [0.2, 0.25) is 0 Å². The number of nitro groups is 1. The Hall–Kier alpha value is -2.73. The number of nitrogens with one attached hydrogen (secondary N) is 1. The molecule has 0 bridgehead atoms. The Morgan fingerprint density at radius 3 is 2.52 bits per heavy atom. The molecule has 6 heteroatoms. The quantitative estimate of drug-likeness (QED) is 0.480. The molecule has 0 saturated heterocycles. The fourth-order valence-electron chi connectivity index (χ4n) is 2.31. The predicted octanol–water partition coefficient (Wildman–Crippen LogP) is 3.56. The number of carbonyl (C=O) groups is 1. The lowest BCUT2D eigenvalue weighted by Gasteiger charge is -2.11. The highest BCUT2D eigenvalue weighted by Crippen LogP contribution is 2.24. The van der Waals surface area contributed by atoms with Crippen LogP contribution in [0.3, 0.4) is 0 Å². The SMILES string of the molecule is COCc1ccccc1CNc1ccc([N+](=O)[O-])c(C(C)=O)c1. The summed E-state index contributed by atoms with van der Waals surface area (Å²) in [4.78, 5) is 22.0. The van der Waals surface area contributed by atoms with Gasteiger partial charge >= 0.3 is 0 Å². The molecule has 0 saturated carbocycles. The van der Waals surface area contributed by atoms with Crippen LogP contribution in [-0.4, -0.2) is 17.8 Å². The van der Waals surface area contributed by atoms with E-state index in [0.29, 0.717) is 18.8 Å². The summed E-state index contributed by atoms with van der Waals surface area (Å²) in [6.07, 6.45) is 0. The van der Waals surface area contributed by atoms with Gasteiger partial charge in [0, 0.05) is 25.4 Å². The van der Waals surface area contributed by atoms with Gasteiger partial charge < -0.3 is 10.1 Å². The van der Waals surface area contributed by atoms with Gasteiger partial charge in [0.15, 0.2) is 5.78 Å². The molecule has 0 aliphatic carbocycles. The van der Waals surface area contributed by atoms with Crippen molar-refractivity contribution >= 4 is 17.2 Å². The summed E-state index contributed by atoms with van der Waals surface area (Å²) < 4.78 is 5.17. The monoisotopic (exact) mass is 314 g/mol. The van der Waals surface area contributed by atoms with Crippen LogP contribution in [0.15, 0.2) is 42.5 Å². The van der Waals surface area contributed by atoms with Crippen LogP contribution in [0.25, 0.3) is 0 Å². The molecule has 1 N–H and O–H groups in total. The van der Waals surface area contributed by atoms with Crippen LogP contribution in [0.1, 0.15) is 28.4 Å². The maximum atomic E-state index is 11.6. The van der Waals surface area contributed by atoms with Gasteiger partial charge in [-0.05, 0) is 30.2 Å². The Labute approximate surface area is 134 Å². The van der Waals surface area contributed by atoms with Gasteiger partial charge in [-0.2, -0.15) is 0 Å². The van der Waals surface area contributed by atoms with Crippen molar-refractivity contribution in [2.75, 3.05) is 12.4 Å². The molecule has 120 valence electrons. The highest BCUT2D eigenvalue weighted by atomic mass is 16.6. The molecule has 0 spiro atoms. The van der Waals surface area contributed by atoms with E-state index < -0.39 is 4.92 Å². The van der Waals surface area contributed by atoms with E-state index in [-0.39, 0.29) is 17.0 Å². The van der Waals surface area contributed by atoms with Gasteiger partial charge in [-0.15, -0.1) is 0 Å². The number of ether oxygens (including phenoxy) is 1. The number of ketones is 1. The first-order valence-corrected chi connectivity index (χ1v) is 7.12. The summed E-state index contributed by atoms with van der Waals surface area (Å²) in [5.41, 5.74) is 2.72. The van der Waals surface area contributed by atoms with Crippen molar-refractivity contribution in [3.05, 3.63) is 69.3 Å². The van der Waals surface area contributed by atoms with E-state index in [9.17, 15) is 14.9 Å². The van der Waals surface area contributed by atoms with Gasteiger partial charge in [0.05, 0.1) is 17.1 Å². The van der Waals surface area contributed by atoms with E-state index in [0.717, 1.165) is 11.1 Å². The Balaban J connectivity index is 2.20. The van der Waals surface area contributed by atoms with Crippen molar-refractivity contribution in [1.29, 1.82) is 0 Å². The van der Waals surface area contributed by atoms with Crippen molar-refractivity contribution in [3.63, 3.8) is 0 Å². The van der Waals surface area contributed by atoms with Crippen molar-refractivity contribution in [2.45, 2.75) is 20.1 Å². The lowest BCUT2D eigenvalue weighted by molar-refractivity contribution is -0.385. The minimum Gasteiger partial charge on any atom is -0.381 e. The highest BCUT2D eigenvalue weighted by Gasteiger charge is 2.17. The summed E-state index contributed by atoms with van der Waals surface area (Å²) in [7, 11) is 1.64. The third kappa shape index (κ3) is 4.14. The molecule has 2 aromatic carbocycles. The summed E-state index contributed by atoms with van der Waals surface area (Å²) in [6, 6.07) is 12.3. The minimum atomic E-state index is -0.547. The average molecular weight is 314 g/mol. The zero-order valence-corrected chi connectivity index (χ0v) is 13.0. The molecule has 0 aliphatic rings. The van der Waals surface area contributed by atoms with E-state index in [4.69, 9.17) is 4.74 Å². The van der Waals surface area contributed by atoms with Crippen LogP contribution < -0.4 is 5.32 Å². The summed E-state index contributed by atoms with van der Waals surface area (Å²) in [5.74, 6) is -0.333. The first-order valence-electron chi connectivity index (χ1n) is 7.12. The second-order valence-corrected chi connectivity index (χ2v) is 5.10. The van der Waals surface area contributed by atoms with E-state index in [1.165, 1.54) is 19.1 Å². The third-order valence-electron chi connectivity index (χ3n) is 3.47. The van der Waals surface area contributed by atoms with Gasteiger partial charge in [-0.25, -0.2) is 0 Å². The van der Waals surface area contributed by atoms with Gasteiger partial charge in [-0.3, -0.25) is 14.9 Å². The number of anilines is 1.